The molecule has 2 rings (SSSR count). The maximum absolute atomic E-state index is 13.3. The standard InChI is InChI=1S/C17H15FN2O5/c1-10(25-16-9-13(18)5-8-15(16)20(23)24)17(22)12-3-6-14(7-4-12)19-11(2)21/h3-10H,1-2H3,(H,19,21)/t10-/m0/s1. The number of nitrogens with one attached hydrogen (secondary N) is 1. The fourth-order valence-electron chi connectivity index (χ4n) is 2.13. The Balaban J connectivity index is 2.17. The number of benzene rings is 2. The van der Waals surface area contributed by atoms with Gasteiger partial charge in [-0.1, -0.05) is 0 Å². The van der Waals surface area contributed by atoms with Crippen molar-refractivity contribution in [3.8, 4) is 5.75 Å². The lowest BCUT2D eigenvalue weighted by atomic mass is 10.1. The van der Waals surface area contributed by atoms with Crippen LogP contribution in [0.15, 0.2) is 42.5 Å². The zero-order valence-electron chi connectivity index (χ0n) is 13.5. The molecule has 1 atom stereocenters. The van der Waals surface area contributed by atoms with Gasteiger partial charge in [-0.15, -0.1) is 0 Å². The number of amides is 1. The van der Waals surface area contributed by atoms with Crippen molar-refractivity contribution in [2.45, 2.75) is 20.0 Å². The second-order valence-electron chi connectivity index (χ2n) is 5.25. The first-order valence-corrected chi connectivity index (χ1v) is 7.30. The van der Waals surface area contributed by atoms with E-state index in [0.717, 1.165) is 18.2 Å². The molecule has 25 heavy (non-hydrogen) atoms. The van der Waals surface area contributed by atoms with Crippen molar-refractivity contribution in [1.29, 1.82) is 0 Å². The maximum Gasteiger partial charge on any atom is 0.311 e. The Morgan fingerprint density at radius 3 is 2.40 bits per heavy atom. The highest BCUT2D eigenvalue weighted by Crippen LogP contribution is 2.29. The molecule has 2 aromatic carbocycles. The summed E-state index contributed by atoms with van der Waals surface area (Å²) in [5.74, 6) is -1.71. The van der Waals surface area contributed by atoms with Crippen molar-refractivity contribution >= 4 is 23.1 Å². The van der Waals surface area contributed by atoms with Crippen LogP contribution in [0.3, 0.4) is 0 Å². The highest BCUT2D eigenvalue weighted by molar-refractivity contribution is 6.00. The summed E-state index contributed by atoms with van der Waals surface area (Å²) in [6.07, 6.45) is -1.06. The van der Waals surface area contributed by atoms with Crippen LogP contribution < -0.4 is 10.1 Å². The van der Waals surface area contributed by atoms with Gasteiger partial charge in [0, 0.05) is 30.3 Å². The van der Waals surface area contributed by atoms with Crippen molar-refractivity contribution in [1.82, 2.24) is 0 Å². The number of halogens is 1. The number of rotatable bonds is 6. The molecule has 7 nitrogen and oxygen atoms in total. The molecule has 0 radical (unpaired) electrons. The summed E-state index contributed by atoms with van der Waals surface area (Å²) in [4.78, 5) is 33.6. The van der Waals surface area contributed by atoms with Crippen molar-refractivity contribution in [3.05, 3.63) is 64.0 Å². The van der Waals surface area contributed by atoms with E-state index in [1.807, 2.05) is 0 Å². The van der Waals surface area contributed by atoms with Crippen LogP contribution in [0.1, 0.15) is 24.2 Å². The van der Waals surface area contributed by atoms with Crippen molar-refractivity contribution < 1.29 is 23.6 Å². The molecule has 0 aliphatic heterocycles. The molecule has 0 heterocycles. The minimum absolute atomic E-state index is 0.241. The van der Waals surface area contributed by atoms with Gasteiger partial charge in [0.05, 0.1) is 4.92 Å². The Morgan fingerprint density at radius 2 is 1.84 bits per heavy atom. The first-order chi connectivity index (χ1) is 11.8. The molecule has 0 unspecified atom stereocenters. The van der Waals surface area contributed by atoms with E-state index < -0.39 is 28.3 Å². The maximum atomic E-state index is 13.3. The highest BCUT2D eigenvalue weighted by Gasteiger charge is 2.22. The van der Waals surface area contributed by atoms with Gasteiger partial charge in [-0.25, -0.2) is 4.39 Å². The average molecular weight is 346 g/mol. The number of anilines is 1. The minimum Gasteiger partial charge on any atom is -0.475 e. The number of carbonyl (C=O) groups excluding carboxylic acids is 2. The summed E-state index contributed by atoms with van der Waals surface area (Å²) < 4.78 is 18.6. The quantitative estimate of drug-likeness (QED) is 0.491. The lowest BCUT2D eigenvalue weighted by molar-refractivity contribution is -0.386. The largest absolute Gasteiger partial charge is 0.475 e. The summed E-state index contributed by atoms with van der Waals surface area (Å²) in [6, 6.07) is 8.86. The SMILES string of the molecule is CC(=O)Nc1ccc(C(=O)[C@H](C)Oc2cc(F)ccc2[N+](=O)[O-])cc1. The van der Waals surface area contributed by atoms with E-state index >= 15 is 0 Å². The van der Waals surface area contributed by atoms with E-state index in [1.165, 1.54) is 26.0 Å². The number of carbonyl (C=O) groups is 2. The smallest absolute Gasteiger partial charge is 0.311 e. The first-order valence-electron chi connectivity index (χ1n) is 7.30. The van der Waals surface area contributed by atoms with Gasteiger partial charge in [-0.3, -0.25) is 19.7 Å². The molecule has 0 bridgehead atoms. The van der Waals surface area contributed by atoms with Crippen LogP contribution in [-0.4, -0.2) is 22.7 Å². The molecule has 1 N–H and O–H groups in total. The third kappa shape index (κ3) is 4.60. The molecule has 0 fully saturated rings. The third-order valence-corrected chi connectivity index (χ3v) is 3.28. The van der Waals surface area contributed by atoms with Gasteiger partial charge in [0.1, 0.15) is 5.82 Å². The molecule has 0 aliphatic carbocycles. The number of Topliss-reactive ketones (excluding diaryl/α,β-unsaturated/α-hetero) is 1. The van der Waals surface area contributed by atoms with Crippen LogP contribution >= 0.6 is 0 Å². The van der Waals surface area contributed by atoms with Crippen LogP contribution in [0.2, 0.25) is 0 Å². The summed E-state index contributed by atoms with van der Waals surface area (Å²) in [5, 5.41) is 13.5. The summed E-state index contributed by atoms with van der Waals surface area (Å²) in [5.41, 5.74) is 0.390. The van der Waals surface area contributed by atoms with Crippen molar-refractivity contribution in [2.75, 3.05) is 5.32 Å². The third-order valence-electron chi connectivity index (χ3n) is 3.28. The molecule has 0 spiro atoms. The Kier molecular flexibility index (Phi) is 5.43. The minimum atomic E-state index is -1.06. The van der Waals surface area contributed by atoms with E-state index in [0.29, 0.717) is 11.3 Å². The van der Waals surface area contributed by atoms with Crippen LogP contribution in [0.25, 0.3) is 0 Å². The number of nitro groups is 1. The summed E-state index contributed by atoms with van der Waals surface area (Å²) >= 11 is 0. The summed E-state index contributed by atoms with van der Waals surface area (Å²) in [7, 11) is 0. The van der Waals surface area contributed by atoms with Gasteiger partial charge < -0.3 is 10.1 Å². The Morgan fingerprint density at radius 1 is 1.20 bits per heavy atom. The molecule has 0 aromatic heterocycles. The number of ether oxygens (including phenoxy) is 1. The van der Waals surface area contributed by atoms with Crippen LogP contribution in [-0.2, 0) is 4.79 Å². The second-order valence-corrected chi connectivity index (χ2v) is 5.25. The Hall–Kier alpha value is -3.29. The average Bonchev–Trinajstić information content (AvgIpc) is 2.54. The number of hydrogen-bond acceptors (Lipinski definition) is 5. The van der Waals surface area contributed by atoms with E-state index in [9.17, 15) is 24.1 Å². The van der Waals surface area contributed by atoms with Gasteiger partial charge in [0.15, 0.2) is 6.10 Å². The molecule has 0 saturated carbocycles. The molecule has 0 aliphatic rings. The predicted octanol–water partition coefficient (Wildman–Crippen LogP) is 3.34. The fraction of sp³-hybridized carbons (Fsp3) is 0.176. The number of nitrogens with zero attached hydrogens (tertiary/aromatic N) is 1. The predicted molar refractivity (Wildman–Crippen MR) is 88.2 cm³/mol. The van der Waals surface area contributed by atoms with Crippen molar-refractivity contribution in [2.24, 2.45) is 0 Å². The normalized spacial score (nSPS) is 11.5. The second kappa shape index (κ2) is 7.52. The lowest BCUT2D eigenvalue weighted by Gasteiger charge is -2.14. The van der Waals surface area contributed by atoms with Crippen LogP contribution in [0.4, 0.5) is 15.8 Å². The molecule has 2 aromatic rings. The molecular weight excluding hydrogens is 331 g/mol. The van der Waals surface area contributed by atoms with E-state index in [2.05, 4.69) is 5.32 Å². The Labute approximate surface area is 142 Å². The van der Waals surface area contributed by atoms with Gasteiger partial charge in [0.25, 0.3) is 0 Å². The fourth-order valence-corrected chi connectivity index (χ4v) is 2.13. The van der Waals surface area contributed by atoms with Gasteiger partial charge >= 0.3 is 5.69 Å². The topological polar surface area (TPSA) is 98.5 Å². The lowest BCUT2D eigenvalue weighted by Crippen LogP contribution is -2.24. The molecular formula is C17H15FN2O5. The number of hydrogen-bond donors (Lipinski definition) is 1. The van der Waals surface area contributed by atoms with Gasteiger partial charge in [-0.2, -0.15) is 0 Å². The zero-order valence-corrected chi connectivity index (χ0v) is 13.5. The number of ketones is 1. The van der Waals surface area contributed by atoms with Crippen LogP contribution in [0.5, 0.6) is 5.75 Å². The molecule has 8 heteroatoms. The monoisotopic (exact) mass is 346 g/mol. The van der Waals surface area contributed by atoms with Crippen molar-refractivity contribution in [3.63, 3.8) is 0 Å². The first kappa shape index (κ1) is 18.1. The molecule has 130 valence electrons. The van der Waals surface area contributed by atoms with E-state index in [1.54, 1.807) is 12.1 Å². The number of nitro benzene ring substituents is 1. The zero-order chi connectivity index (χ0) is 18.6. The molecule has 1 amide bonds. The summed E-state index contributed by atoms with van der Waals surface area (Å²) in [6.45, 7) is 2.78. The van der Waals surface area contributed by atoms with Gasteiger partial charge in [0.2, 0.25) is 17.4 Å². The Bertz CT molecular complexity index is 820. The van der Waals surface area contributed by atoms with Gasteiger partial charge in [-0.05, 0) is 37.3 Å². The highest BCUT2D eigenvalue weighted by atomic mass is 19.1. The molecule has 0 saturated heterocycles. The van der Waals surface area contributed by atoms with E-state index in [-0.39, 0.29) is 11.7 Å². The van der Waals surface area contributed by atoms with E-state index in [4.69, 9.17) is 4.74 Å². The van der Waals surface area contributed by atoms with Crippen LogP contribution in [0, 0.1) is 15.9 Å².